The SMILES string of the molecule is CC(NC(=O)[C@@H](N)CC(=O)O)C(=O)CC1C(C)(C)CCC1(C)C. The molecule has 1 fully saturated rings. The molecule has 0 bridgehead atoms. The molecule has 1 rings (SSSR count). The number of carbonyl (C=O) groups excluding carboxylic acids is 2. The van der Waals surface area contributed by atoms with Crippen molar-refractivity contribution in [3.63, 3.8) is 0 Å². The van der Waals surface area contributed by atoms with Gasteiger partial charge in [0.2, 0.25) is 5.91 Å². The van der Waals surface area contributed by atoms with Crippen molar-refractivity contribution in [3.05, 3.63) is 0 Å². The first kappa shape index (κ1) is 19.6. The van der Waals surface area contributed by atoms with Crippen LogP contribution < -0.4 is 11.1 Å². The summed E-state index contributed by atoms with van der Waals surface area (Å²) in [4.78, 5) is 34.9. The third kappa shape index (κ3) is 5.03. The predicted molar refractivity (Wildman–Crippen MR) is 87.7 cm³/mol. The van der Waals surface area contributed by atoms with Gasteiger partial charge in [-0.15, -0.1) is 0 Å². The van der Waals surface area contributed by atoms with Crippen LogP contribution in [0.15, 0.2) is 0 Å². The highest BCUT2D eigenvalue weighted by molar-refractivity contribution is 5.92. The molecule has 6 nitrogen and oxygen atoms in total. The zero-order valence-electron chi connectivity index (χ0n) is 14.8. The molecule has 0 spiro atoms. The number of aliphatic carboxylic acids is 1. The van der Waals surface area contributed by atoms with E-state index in [1.54, 1.807) is 6.92 Å². The summed E-state index contributed by atoms with van der Waals surface area (Å²) < 4.78 is 0. The molecule has 0 heterocycles. The number of ketones is 1. The summed E-state index contributed by atoms with van der Waals surface area (Å²) >= 11 is 0. The number of nitrogens with one attached hydrogen (secondary N) is 1. The minimum Gasteiger partial charge on any atom is -0.481 e. The van der Waals surface area contributed by atoms with E-state index in [4.69, 9.17) is 10.8 Å². The molecule has 1 aliphatic rings. The predicted octanol–water partition coefficient (Wildman–Crippen LogP) is 1.71. The number of nitrogens with two attached hydrogens (primary N) is 1. The Balaban J connectivity index is 2.64. The van der Waals surface area contributed by atoms with Crippen LogP contribution in [0.2, 0.25) is 0 Å². The number of hydrogen-bond donors (Lipinski definition) is 3. The second-order valence-corrected chi connectivity index (χ2v) is 8.13. The van der Waals surface area contributed by atoms with Crippen LogP contribution in [0.5, 0.6) is 0 Å². The van der Waals surface area contributed by atoms with Crippen LogP contribution in [0, 0.1) is 16.7 Å². The highest BCUT2D eigenvalue weighted by atomic mass is 16.4. The molecule has 1 saturated carbocycles. The van der Waals surface area contributed by atoms with Crippen molar-refractivity contribution in [2.24, 2.45) is 22.5 Å². The van der Waals surface area contributed by atoms with Gasteiger partial charge in [0.05, 0.1) is 18.5 Å². The summed E-state index contributed by atoms with van der Waals surface area (Å²) in [6, 6.07) is -1.79. The van der Waals surface area contributed by atoms with E-state index in [9.17, 15) is 14.4 Å². The van der Waals surface area contributed by atoms with Crippen LogP contribution in [-0.4, -0.2) is 34.8 Å². The van der Waals surface area contributed by atoms with Gasteiger partial charge in [0.25, 0.3) is 0 Å². The Bertz CT molecular complexity index is 469. The molecule has 0 aromatic rings. The maximum absolute atomic E-state index is 12.5. The van der Waals surface area contributed by atoms with Gasteiger partial charge in [-0.25, -0.2) is 0 Å². The average Bonchev–Trinajstić information content (AvgIpc) is 2.60. The number of Topliss-reactive ketones (excluding diaryl/α,β-unsaturated/α-hetero) is 1. The van der Waals surface area contributed by atoms with E-state index in [1.165, 1.54) is 0 Å². The van der Waals surface area contributed by atoms with Gasteiger partial charge in [-0.2, -0.15) is 0 Å². The maximum atomic E-state index is 12.5. The molecule has 0 aliphatic heterocycles. The second kappa shape index (κ2) is 6.99. The Hall–Kier alpha value is -1.43. The number of rotatable bonds is 7. The fourth-order valence-electron chi connectivity index (χ4n) is 3.66. The maximum Gasteiger partial charge on any atom is 0.305 e. The van der Waals surface area contributed by atoms with E-state index in [2.05, 4.69) is 33.0 Å². The van der Waals surface area contributed by atoms with Crippen LogP contribution in [0.25, 0.3) is 0 Å². The summed E-state index contributed by atoms with van der Waals surface area (Å²) in [5, 5.41) is 11.2. The highest BCUT2D eigenvalue weighted by Gasteiger charge is 2.47. The zero-order chi connectivity index (χ0) is 18.0. The van der Waals surface area contributed by atoms with Crippen LogP contribution >= 0.6 is 0 Å². The van der Waals surface area contributed by atoms with Crippen LogP contribution in [0.4, 0.5) is 0 Å². The highest BCUT2D eigenvalue weighted by Crippen LogP contribution is 2.55. The van der Waals surface area contributed by atoms with Crippen molar-refractivity contribution in [3.8, 4) is 0 Å². The minimum absolute atomic E-state index is 0.0334. The summed E-state index contributed by atoms with van der Waals surface area (Å²) in [6.07, 6.45) is 2.13. The Labute approximate surface area is 138 Å². The van der Waals surface area contributed by atoms with Crippen molar-refractivity contribution in [2.75, 3.05) is 0 Å². The molecular formula is C17H30N2O4. The number of hydrogen-bond acceptors (Lipinski definition) is 4. The normalized spacial score (nSPS) is 22.3. The van der Waals surface area contributed by atoms with Crippen LogP contribution in [0.3, 0.4) is 0 Å². The molecule has 2 atom stereocenters. The molecule has 4 N–H and O–H groups in total. The van der Waals surface area contributed by atoms with Gasteiger partial charge in [0.15, 0.2) is 5.78 Å². The summed E-state index contributed by atoms with van der Waals surface area (Å²) in [6.45, 7) is 10.4. The zero-order valence-corrected chi connectivity index (χ0v) is 14.8. The van der Waals surface area contributed by atoms with Crippen LogP contribution in [-0.2, 0) is 14.4 Å². The molecule has 1 amide bonds. The minimum atomic E-state index is -1.14. The van der Waals surface area contributed by atoms with Gasteiger partial charge in [0, 0.05) is 6.42 Å². The summed E-state index contributed by atoms with van der Waals surface area (Å²) in [5.74, 6) is -1.51. The number of carboxylic acid groups (broad SMARTS) is 1. The first-order valence-corrected chi connectivity index (χ1v) is 8.17. The Morgan fingerprint density at radius 2 is 1.65 bits per heavy atom. The van der Waals surface area contributed by atoms with E-state index in [0.717, 1.165) is 12.8 Å². The summed E-state index contributed by atoms with van der Waals surface area (Å²) in [7, 11) is 0. The molecular weight excluding hydrogens is 296 g/mol. The molecule has 0 radical (unpaired) electrons. The largest absolute Gasteiger partial charge is 0.481 e. The number of amides is 1. The van der Waals surface area contributed by atoms with E-state index < -0.39 is 30.4 Å². The van der Waals surface area contributed by atoms with E-state index in [1.807, 2.05) is 0 Å². The lowest BCUT2D eigenvalue weighted by molar-refractivity contribution is -0.139. The van der Waals surface area contributed by atoms with Gasteiger partial charge in [-0.05, 0) is 36.5 Å². The quantitative estimate of drug-likeness (QED) is 0.660. The smallest absolute Gasteiger partial charge is 0.305 e. The number of carboxylic acids is 1. The fourth-order valence-corrected chi connectivity index (χ4v) is 3.66. The Morgan fingerprint density at radius 3 is 2.09 bits per heavy atom. The molecule has 23 heavy (non-hydrogen) atoms. The Morgan fingerprint density at radius 1 is 1.17 bits per heavy atom. The molecule has 6 heteroatoms. The van der Waals surface area contributed by atoms with E-state index in [0.29, 0.717) is 6.42 Å². The van der Waals surface area contributed by atoms with E-state index in [-0.39, 0.29) is 22.5 Å². The van der Waals surface area contributed by atoms with Crippen molar-refractivity contribution >= 4 is 17.7 Å². The lowest BCUT2D eigenvalue weighted by Gasteiger charge is -2.35. The van der Waals surface area contributed by atoms with Crippen molar-refractivity contribution in [1.82, 2.24) is 5.32 Å². The molecule has 0 saturated heterocycles. The lowest BCUT2D eigenvalue weighted by Crippen LogP contribution is -2.48. The Kier molecular flexibility index (Phi) is 5.96. The van der Waals surface area contributed by atoms with Gasteiger partial charge in [-0.1, -0.05) is 27.7 Å². The molecule has 0 aromatic carbocycles. The standard InChI is InChI=1S/C17H30N2O4/c1-10(19-15(23)11(18)8-14(21)22)12(20)9-13-16(2,3)6-7-17(13,4)5/h10-11,13H,6-9,18H2,1-5H3,(H,19,23)(H,21,22)/t10?,11-/m0/s1. The first-order valence-electron chi connectivity index (χ1n) is 8.17. The molecule has 1 aliphatic carbocycles. The lowest BCUT2D eigenvalue weighted by atomic mass is 9.69. The first-order chi connectivity index (χ1) is 10.4. The average molecular weight is 326 g/mol. The fraction of sp³-hybridized carbons (Fsp3) is 0.824. The van der Waals surface area contributed by atoms with E-state index >= 15 is 0 Å². The molecule has 0 aromatic heterocycles. The van der Waals surface area contributed by atoms with Gasteiger partial charge >= 0.3 is 5.97 Å². The van der Waals surface area contributed by atoms with Gasteiger partial charge in [0.1, 0.15) is 0 Å². The third-order valence-electron chi connectivity index (χ3n) is 5.28. The van der Waals surface area contributed by atoms with Gasteiger partial charge in [-0.3, -0.25) is 14.4 Å². The molecule has 132 valence electrons. The number of carbonyl (C=O) groups is 3. The third-order valence-corrected chi connectivity index (χ3v) is 5.28. The monoisotopic (exact) mass is 326 g/mol. The van der Waals surface area contributed by atoms with Crippen molar-refractivity contribution in [2.45, 2.75) is 72.4 Å². The van der Waals surface area contributed by atoms with Gasteiger partial charge < -0.3 is 16.2 Å². The van der Waals surface area contributed by atoms with Crippen LogP contribution in [0.1, 0.15) is 60.3 Å². The topological polar surface area (TPSA) is 109 Å². The van der Waals surface area contributed by atoms with Crippen molar-refractivity contribution in [1.29, 1.82) is 0 Å². The second-order valence-electron chi connectivity index (χ2n) is 8.13. The van der Waals surface area contributed by atoms with Crippen molar-refractivity contribution < 1.29 is 19.5 Å². The molecule has 1 unspecified atom stereocenters. The summed E-state index contributed by atoms with van der Waals surface area (Å²) in [5.41, 5.74) is 5.71.